The van der Waals surface area contributed by atoms with Gasteiger partial charge in [-0.1, -0.05) is 18.8 Å². The van der Waals surface area contributed by atoms with Gasteiger partial charge in [-0.05, 0) is 50.1 Å². The van der Waals surface area contributed by atoms with Crippen molar-refractivity contribution in [3.63, 3.8) is 0 Å². The van der Waals surface area contributed by atoms with E-state index in [4.69, 9.17) is 9.84 Å². The lowest BCUT2D eigenvalue weighted by Crippen LogP contribution is -2.31. The first-order valence-corrected chi connectivity index (χ1v) is 7.40. The maximum atomic E-state index is 8.64. The van der Waals surface area contributed by atoms with E-state index in [1.807, 2.05) is 24.3 Å². The molecule has 0 radical (unpaired) electrons. The molecule has 0 saturated heterocycles. The number of ether oxygens (including phenoxy) is 1. The molecule has 2 rings (SSSR count). The number of nitrogens with zero attached hydrogens (tertiary/aromatic N) is 1. The third kappa shape index (κ3) is 4.88. The third-order valence-electron chi connectivity index (χ3n) is 3.39. The van der Waals surface area contributed by atoms with E-state index >= 15 is 0 Å². The first-order chi connectivity index (χ1) is 9.83. The van der Waals surface area contributed by atoms with E-state index in [-0.39, 0.29) is 6.61 Å². The van der Waals surface area contributed by atoms with Crippen LogP contribution in [0.15, 0.2) is 24.3 Å². The van der Waals surface area contributed by atoms with Crippen molar-refractivity contribution in [2.75, 3.05) is 26.3 Å². The van der Waals surface area contributed by atoms with E-state index in [1.165, 1.54) is 25.8 Å². The van der Waals surface area contributed by atoms with Crippen molar-refractivity contribution in [2.45, 2.75) is 32.2 Å². The highest BCUT2D eigenvalue weighted by atomic mass is 16.5. The zero-order valence-corrected chi connectivity index (χ0v) is 12.1. The lowest BCUT2D eigenvalue weighted by molar-refractivity contribution is 0.202. The highest BCUT2D eigenvalue weighted by Gasteiger charge is 2.27. The molecule has 1 aliphatic rings. The number of rotatable bonds is 7. The van der Waals surface area contributed by atoms with Gasteiger partial charge in [-0.25, -0.2) is 0 Å². The van der Waals surface area contributed by atoms with E-state index in [2.05, 4.69) is 23.7 Å². The first kappa shape index (κ1) is 14.9. The Morgan fingerprint density at radius 3 is 2.60 bits per heavy atom. The predicted molar refractivity (Wildman–Crippen MR) is 80.8 cm³/mol. The quantitative estimate of drug-likeness (QED) is 0.774. The number of aliphatic hydroxyl groups is 1. The zero-order chi connectivity index (χ0) is 14.2. The molecule has 108 valence electrons. The number of aliphatic hydroxyl groups excluding tert-OH is 1. The molecule has 0 bridgehead atoms. The zero-order valence-electron chi connectivity index (χ0n) is 12.1. The molecule has 1 aliphatic carbocycles. The molecule has 1 N–H and O–H groups in total. The molecule has 1 aromatic rings. The normalized spacial score (nSPS) is 13.9. The summed E-state index contributed by atoms with van der Waals surface area (Å²) in [5, 5.41) is 8.64. The lowest BCUT2D eigenvalue weighted by atomic mass is 10.2. The van der Waals surface area contributed by atoms with Gasteiger partial charge in [-0.2, -0.15) is 0 Å². The summed E-state index contributed by atoms with van der Waals surface area (Å²) in [5.41, 5.74) is 0.900. The van der Waals surface area contributed by atoms with Gasteiger partial charge in [-0.15, -0.1) is 0 Å². The molecule has 0 atom stereocenters. The second kappa shape index (κ2) is 7.94. The Kier molecular flexibility index (Phi) is 5.91. The van der Waals surface area contributed by atoms with Gasteiger partial charge in [-0.3, -0.25) is 4.90 Å². The largest absolute Gasteiger partial charge is 0.492 e. The standard InChI is InChI=1S/C17H23NO2/c1-2-11-18(16-7-8-16)12-14-20-17-9-5-15(6-10-17)4-3-13-19/h5-6,9-10,16,19H,2,7-8,11-14H2,1H3. The van der Waals surface area contributed by atoms with Gasteiger partial charge in [0.15, 0.2) is 0 Å². The van der Waals surface area contributed by atoms with Crippen LogP contribution in [0.4, 0.5) is 0 Å². The minimum Gasteiger partial charge on any atom is -0.492 e. The van der Waals surface area contributed by atoms with Crippen LogP contribution in [0.3, 0.4) is 0 Å². The second-order valence-electron chi connectivity index (χ2n) is 5.10. The summed E-state index contributed by atoms with van der Waals surface area (Å²) in [6, 6.07) is 8.51. The van der Waals surface area contributed by atoms with E-state index in [9.17, 15) is 0 Å². The molecule has 0 spiro atoms. The number of benzene rings is 1. The van der Waals surface area contributed by atoms with Crippen LogP contribution in [0.1, 0.15) is 31.7 Å². The highest BCUT2D eigenvalue weighted by Crippen LogP contribution is 2.26. The van der Waals surface area contributed by atoms with Crippen molar-refractivity contribution in [2.24, 2.45) is 0 Å². The van der Waals surface area contributed by atoms with E-state index in [0.717, 1.165) is 30.5 Å². The molecule has 20 heavy (non-hydrogen) atoms. The summed E-state index contributed by atoms with van der Waals surface area (Å²) < 4.78 is 5.78. The maximum absolute atomic E-state index is 8.64. The minimum atomic E-state index is -0.104. The molecule has 0 aliphatic heterocycles. The summed E-state index contributed by atoms with van der Waals surface area (Å²) >= 11 is 0. The van der Waals surface area contributed by atoms with Crippen LogP contribution < -0.4 is 4.74 Å². The summed E-state index contributed by atoms with van der Waals surface area (Å²) in [4.78, 5) is 2.53. The Labute approximate surface area is 121 Å². The Morgan fingerprint density at radius 1 is 1.25 bits per heavy atom. The molecule has 3 heteroatoms. The minimum absolute atomic E-state index is 0.104. The first-order valence-electron chi connectivity index (χ1n) is 7.40. The fraction of sp³-hybridized carbons (Fsp3) is 0.529. The number of hydrogen-bond acceptors (Lipinski definition) is 3. The summed E-state index contributed by atoms with van der Waals surface area (Å²) in [7, 11) is 0. The van der Waals surface area contributed by atoms with E-state index in [0.29, 0.717) is 0 Å². The summed E-state index contributed by atoms with van der Waals surface area (Å²) in [6.07, 6.45) is 3.89. The van der Waals surface area contributed by atoms with Crippen LogP contribution in [0.5, 0.6) is 5.75 Å². The molecule has 1 saturated carbocycles. The Balaban J connectivity index is 1.75. The second-order valence-corrected chi connectivity index (χ2v) is 5.10. The van der Waals surface area contributed by atoms with Crippen LogP contribution in [-0.2, 0) is 0 Å². The number of hydrogen-bond donors (Lipinski definition) is 1. The van der Waals surface area contributed by atoms with Crippen LogP contribution in [0, 0.1) is 11.8 Å². The van der Waals surface area contributed by atoms with Gasteiger partial charge in [0.2, 0.25) is 0 Å². The fourth-order valence-corrected chi connectivity index (χ4v) is 2.26. The van der Waals surface area contributed by atoms with Gasteiger partial charge in [0.1, 0.15) is 19.0 Å². The molecule has 0 unspecified atom stereocenters. The Hall–Kier alpha value is -1.50. The molecule has 1 aromatic carbocycles. The van der Waals surface area contributed by atoms with Crippen LogP contribution >= 0.6 is 0 Å². The molecule has 3 nitrogen and oxygen atoms in total. The van der Waals surface area contributed by atoms with Gasteiger partial charge in [0.05, 0.1) is 0 Å². The predicted octanol–water partition coefficient (Wildman–Crippen LogP) is 2.28. The van der Waals surface area contributed by atoms with Crippen LogP contribution in [-0.4, -0.2) is 42.4 Å². The average Bonchev–Trinajstić information content (AvgIpc) is 3.30. The van der Waals surface area contributed by atoms with E-state index < -0.39 is 0 Å². The Bertz CT molecular complexity index is 454. The summed E-state index contributed by atoms with van der Waals surface area (Å²) in [6.45, 7) is 5.03. The van der Waals surface area contributed by atoms with Crippen molar-refractivity contribution >= 4 is 0 Å². The third-order valence-corrected chi connectivity index (χ3v) is 3.39. The fourth-order valence-electron chi connectivity index (χ4n) is 2.26. The maximum Gasteiger partial charge on any atom is 0.119 e. The SMILES string of the molecule is CCCN(CCOc1ccc(C#CCO)cc1)C1CC1. The van der Waals surface area contributed by atoms with Crippen molar-refractivity contribution in [3.05, 3.63) is 29.8 Å². The van der Waals surface area contributed by atoms with Crippen LogP contribution in [0.25, 0.3) is 0 Å². The van der Waals surface area contributed by atoms with Crippen molar-refractivity contribution in [1.29, 1.82) is 0 Å². The monoisotopic (exact) mass is 273 g/mol. The summed E-state index contributed by atoms with van der Waals surface area (Å²) in [5.74, 6) is 6.39. The molecular formula is C17H23NO2. The van der Waals surface area contributed by atoms with Crippen molar-refractivity contribution in [1.82, 2.24) is 4.90 Å². The molecule has 0 amide bonds. The van der Waals surface area contributed by atoms with Crippen molar-refractivity contribution in [3.8, 4) is 17.6 Å². The lowest BCUT2D eigenvalue weighted by Gasteiger charge is -2.21. The molecular weight excluding hydrogens is 250 g/mol. The molecule has 0 aromatic heterocycles. The average molecular weight is 273 g/mol. The van der Waals surface area contributed by atoms with Gasteiger partial charge in [0, 0.05) is 18.2 Å². The molecule has 0 heterocycles. The van der Waals surface area contributed by atoms with E-state index in [1.54, 1.807) is 0 Å². The van der Waals surface area contributed by atoms with Gasteiger partial charge >= 0.3 is 0 Å². The topological polar surface area (TPSA) is 32.7 Å². The Morgan fingerprint density at radius 2 is 2.00 bits per heavy atom. The van der Waals surface area contributed by atoms with Crippen molar-refractivity contribution < 1.29 is 9.84 Å². The highest BCUT2D eigenvalue weighted by molar-refractivity contribution is 5.38. The van der Waals surface area contributed by atoms with Gasteiger partial charge in [0.25, 0.3) is 0 Å². The smallest absolute Gasteiger partial charge is 0.119 e. The van der Waals surface area contributed by atoms with Gasteiger partial charge < -0.3 is 9.84 Å². The van der Waals surface area contributed by atoms with Crippen LogP contribution in [0.2, 0.25) is 0 Å². The molecule has 1 fully saturated rings.